The van der Waals surface area contributed by atoms with Crippen molar-refractivity contribution in [3.8, 4) is 5.75 Å². The Morgan fingerprint density at radius 3 is 2.20 bits per heavy atom. The molecule has 2 unspecified atom stereocenters. The first kappa shape index (κ1) is 48.1. The minimum atomic E-state index is -0.853. The molecule has 4 N–H and O–H groups in total. The Balaban J connectivity index is 0.00000163. The highest BCUT2D eigenvalue weighted by atomic mass is 32.7. The van der Waals surface area contributed by atoms with Crippen molar-refractivity contribution < 1.29 is 23.8 Å². The van der Waals surface area contributed by atoms with Gasteiger partial charge in [-0.05, 0) is 122 Å². The third-order valence-corrected chi connectivity index (χ3v) is 12.3. The lowest BCUT2D eigenvalue weighted by Gasteiger charge is -2.32. The van der Waals surface area contributed by atoms with Gasteiger partial charge in [-0.15, -0.1) is 0 Å². The number of hydrogen-bond donors (Lipinski definition) is 4. The lowest BCUT2D eigenvalue weighted by atomic mass is 9.80. The number of benzene rings is 3. The first-order chi connectivity index (χ1) is 26.3. The van der Waals surface area contributed by atoms with E-state index in [0.717, 1.165) is 29.3 Å². The topological polar surface area (TPSA) is 103 Å². The molecule has 3 aromatic rings. The average Bonchev–Trinajstić information content (AvgIpc) is 3.11. The van der Waals surface area contributed by atoms with Gasteiger partial charge < -0.3 is 25.8 Å². The molecule has 306 valence electrons. The van der Waals surface area contributed by atoms with Crippen molar-refractivity contribution in [1.82, 2.24) is 20.3 Å². The summed E-state index contributed by atoms with van der Waals surface area (Å²) in [6, 6.07) is 22.0. The molecule has 1 aliphatic carbocycles. The van der Waals surface area contributed by atoms with Crippen molar-refractivity contribution >= 4 is 35.8 Å². The first-order valence-corrected chi connectivity index (χ1v) is 23.2. The lowest BCUT2D eigenvalue weighted by molar-refractivity contribution is -0.126. The Bertz CT molecular complexity index is 1530. The molecule has 55 heavy (non-hydrogen) atoms. The normalized spacial score (nSPS) is 14.1. The number of aliphatic hydroxyl groups is 1. The van der Waals surface area contributed by atoms with Gasteiger partial charge in [-0.2, -0.15) is 0 Å². The third-order valence-electron chi connectivity index (χ3n) is 8.46. The van der Waals surface area contributed by atoms with Crippen LogP contribution in [-0.4, -0.2) is 72.8 Å². The zero-order valence-corrected chi connectivity index (χ0v) is 36.4. The SMILES string of the molecule is CC.CC(C)C.CCOc1ccc(P(C)SN(CC(C)C)CC(O)[C@H](Cc2ccccc2)NC(=O)CNC(=O)CNCc2cccc(F)c2)cc1C1CCC1. The predicted octanol–water partition coefficient (Wildman–Crippen LogP) is 8.43. The van der Waals surface area contributed by atoms with Crippen molar-refractivity contribution in [2.24, 2.45) is 11.8 Å². The first-order valence-electron chi connectivity index (χ1n) is 20.0. The number of carbonyl (C=O) groups is 2. The average molecular weight is 799 g/mol. The molecule has 0 bridgehead atoms. The quantitative estimate of drug-likeness (QED) is 0.0673. The molecule has 2 amide bonds. The largest absolute Gasteiger partial charge is 0.494 e. The van der Waals surface area contributed by atoms with Gasteiger partial charge in [0.1, 0.15) is 11.6 Å². The van der Waals surface area contributed by atoms with Crippen LogP contribution in [0, 0.1) is 17.7 Å². The second-order valence-electron chi connectivity index (χ2n) is 14.8. The van der Waals surface area contributed by atoms with E-state index >= 15 is 0 Å². The highest BCUT2D eigenvalue weighted by molar-refractivity contribution is 8.56. The van der Waals surface area contributed by atoms with Crippen LogP contribution in [0.4, 0.5) is 4.39 Å². The Kier molecular flexibility index (Phi) is 23.4. The van der Waals surface area contributed by atoms with Crippen LogP contribution in [-0.2, 0) is 22.6 Å². The van der Waals surface area contributed by atoms with Gasteiger partial charge in [0.25, 0.3) is 0 Å². The van der Waals surface area contributed by atoms with Gasteiger partial charge in [0.15, 0.2) is 0 Å². The number of nitrogens with one attached hydrogen (secondary N) is 3. The van der Waals surface area contributed by atoms with Crippen molar-refractivity contribution in [2.75, 3.05) is 39.5 Å². The number of amides is 2. The second-order valence-corrected chi connectivity index (χ2v) is 19.1. The van der Waals surface area contributed by atoms with E-state index in [4.69, 9.17) is 4.74 Å². The van der Waals surface area contributed by atoms with E-state index in [1.54, 1.807) is 23.7 Å². The van der Waals surface area contributed by atoms with Gasteiger partial charge in [-0.3, -0.25) is 9.59 Å². The van der Waals surface area contributed by atoms with E-state index in [-0.39, 0.29) is 30.7 Å². The summed E-state index contributed by atoms with van der Waals surface area (Å²) >= 11 is 1.78. The summed E-state index contributed by atoms with van der Waals surface area (Å²) in [5.74, 6) is 1.71. The fourth-order valence-electron chi connectivity index (χ4n) is 5.78. The zero-order valence-electron chi connectivity index (χ0n) is 34.7. The minimum absolute atomic E-state index is 0.0161. The Labute approximate surface area is 336 Å². The van der Waals surface area contributed by atoms with E-state index in [1.807, 2.05) is 51.1 Å². The number of nitrogens with zero attached hydrogens (tertiary/aromatic N) is 1. The van der Waals surface area contributed by atoms with E-state index in [2.05, 4.69) is 79.7 Å². The van der Waals surface area contributed by atoms with E-state index in [1.165, 1.54) is 42.3 Å². The molecular formula is C44H68FN4O4PS. The molecule has 1 saturated carbocycles. The number of halogens is 1. The van der Waals surface area contributed by atoms with Crippen LogP contribution >= 0.6 is 18.7 Å². The van der Waals surface area contributed by atoms with Crippen LogP contribution in [0.5, 0.6) is 5.75 Å². The summed E-state index contributed by atoms with van der Waals surface area (Å²) in [6.07, 6.45) is 3.26. The number of aliphatic hydroxyl groups excluding tert-OH is 1. The lowest BCUT2D eigenvalue weighted by Crippen LogP contribution is -2.51. The Morgan fingerprint density at radius 2 is 1.60 bits per heavy atom. The van der Waals surface area contributed by atoms with Gasteiger partial charge in [0, 0.05) is 19.6 Å². The molecule has 0 spiro atoms. The van der Waals surface area contributed by atoms with Gasteiger partial charge in [0.05, 0.1) is 31.8 Å². The summed E-state index contributed by atoms with van der Waals surface area (Å²) in [4.78, 5) is 25.5. The van der Waals surface area contributed by atoms with E-state index < -0.39 is 19.3 Å². The van der Waals surface area contributed by atoms with Crippen LogP contribution < -0.4 is 26.0 Å². The molecule has 0 aliphatic heterocycles. The van der Waals surface area contributed by atoms with Crippen LogP contribution in [0.25, 0.3) is 0 Å². The van der Waals surface area contributed by atoms with Gasteiger partial charge in [-0.1, -0.05) is 97.4 Å². The van der Waals surface area contributed by atoms with Crippen LogP contribution in [0.1, 0.15) is 97.3 Å². The van der Waals surface area contributed by atoms with Crippen molar-refractivity contribution in [2.45, 2.75) is 106 Å². The standard InChI is InChI=1S/C38H52FN4O4PS.C4H10.C2H6/c1-5-47-36-18-17-32(21-33(36)30-14-10-15-30)48(4)49-43(25-27(2)3)26-35(44)34(20-28-11-7-6-8-12-28)42-38(46)24-41-37(45)23-40-22-29-13-9-16-31(39)19-29;1-4(2)3;1-2/h6-9,11-13,16-19,21,27,30,34-35,40,44H,5,10,14-15,20,22-26H2,1-4H3,(H,41,45)(H,42,46);4H,1-3H3;1-2H3/t34-,35?,48?;;/m0../s1. The highest BCUT2D eigenvalue weighted by Gasteiger charge is 2.28. The molecule has 1 fully saturated rings. The van der Waals surface area contributed by atoms with Crippen molar-refractivity contribution in [1.29, 1.82) is 0 Å². The molecule has 11 heteroatoms. The molecule has 0 heterocycles. The molecule has 4 rings (SSSR count). The molecule has 3 atom stereocenters. The molecule has 1 aliphatic rings. The van der Waals surface area contributed by atoms with Crippen LogP contribution in [0.3, 0.4) is 0 Å². The zero-order chi connectivity index (χ0) is 40.8. The molecule has 0 radical (unpaired) electrons. The maximum Gasteiger partial charge on any atom is 0.239 e. The fraction of sp³-hybridized carbons (Fsp3) is 0.545. The predicted molar refractivity (Wildman–Crippen MR) is 232 cm³/mol. The summed E-state index contributed by atoms with van der Waals surface area (Å²) in [5.41, 5.74) is 3.04. The molecule has 3 aromatic carbocycles. The van der Waals surface area contributed by atoms with Crippen LogP contribution in [0.2, 0.25) is 0 Å². The molecule has 0 saturated heterocycles. The summed E-state index contributed by atoms with van der Waals surface area (Å²) < 4.78 is 21.6. The highest BCUT2D eigenvalue weighted by Crippen LogP contribution is 2.49. The summed E-state index contributed by atoms with van der Waals surface area (Å²) in [5, 5.41) is 21.6. The van der Waals surface area contributed by atoms with Gasteiger partial charge in [0.2, 0.25) is 11.8 Å². The van der Waals surface area contributed by atoms with E-state index in [9.17, 15) is 19.1 Å². The number of ether oxygens (including phenoxy) is 1. The number of rotatable bonds is 20. The number of carbonyl (C=O) groups excluding carboxylic acids is 2. The summed E-state index contributed by atoms with van der Waals surface area (Å²) in [7, 11) is -0.622. The smallest absolute Gasteiger partial charge is 0.239 e. The minimum Gasteiger partial charge on any atom is -0.494 e. The van der Waals surface area contributed by atoms with Crippen molar-refractivity contribution in [3.05, 3.63) is 95.3 Å². The van der Waals surface area contributed by atoms with Gasteiger partial charge >= 0.3 is 0 Å². The molecule has 8 nitrogen and oxygen atoms in total. The van der Waals surface area contributed by atoms with Gasteiger partial charge in [-0.25, -0.2) is 8.70 Å². The maximum atomic E-state index is 13.4. The molecular weight excluding hydrogens is 731 g/mol. The van der Waals surface area contributed by atoms with Crippen LogP contribution in [0.15, 0.2) is 72.8 Å². The summed E-state index contributed by atoms with van der Waals surface area (Å²) in [6.45, 7) is 21.0. The monoisotopic (exact) mass is 798 g/mol. The Hall–Kier alpha value is -3.01. The van der Waals surface area contributed by atoms with E-state index in [0.29, 0.717) is 38.0 Å². The molecule has 0 aromatic heterocycles. The van der Waals surface area contributed by atoms with Crippen molar-refractivity contribution in [3.63, 3.8) is 0 Å². The number of hydrogen-bond acceptors (Lipinski definition) is 7. The maximum absolute atomic E-state index is 13.4. The third kappa shape index (κ3) is 19.1. The Morgan fingerprint density at radius 1 is 0.927 bits per heavy atom. The second kappa shape index (κ2) is 26.8. The fourth-order valence-corrected chi connectivity index (χ4v) is 9.47.